The normalized spacial score (nSPS) is 12.5. The van der Waals surface area contributed by atoms with E-state index in [4.69, 9.17) is 28.3 Å². The molecule has 0 radical (unpaired) electrons. The lowest BCUT2D eigenvalue weighted by Crippen LogP contribution is -2.25. The zero-order chi connectivity index (χ0) is 11.4. The molecule has 1 aromatic carbocycles. The first kappa shape index (κ1) is 12.3. The summed E-state index contributed by atoms with van der Waals surface area (Å²) in [5, 5.41) is 12.3. The molecule has 15 heavy (non-hydrogen) atoms. The van der Waals surface area contributed by atoms with Crippen molar-refractivity contribution in [2.24, 2.45) is 0 Å². The fourth-order valence-electron chi connectivity index (χ4n) is 1.14. The van der Waals surface area contributed by atoms with Gasteiger partial charge in [0.05, 0.1) is 16.6 Å². The number of benzene rings is 1. The third-order valence-electron chi connectivity index (χ3n) is 2.00. The van der Waals surface area contributed by atoms with E-state index in [1.165, 1.54) is 0 Å². The standard InChI is InChI=1S/C10H11Cl2NO2/c1-6(13-5-10(14)15)7-2-3-8(11)9(12)4-7/h2-4,6,13H,5H2,1H3,(H,14,15). The first-order valence-electron chi connectivity index (χ1n) is 4.41. The van der Waals surface area contributed by atoms with Gasteiger partial charge in [0.25, 0.3) is 0 Å². The summed E-state index contributed by atoms with van der Waals surface area (Å²) in [7, 11) is 0. The summed E-state index contributed by atoms with van der Waals surface area (Å²) >= 11 is 11.6. The zero-order valence-corrected chi connectivity index (χ0v) is 9.64. The van der Waals surface area contributed by atoms with Crippen molar-refractivity contribution >= 4 is 29.2 Å². The topological polar surface area (TPSA) is 49.3 Å². The SMILES string of the molecule is CC(NCC(=O)O)c1ccc(Cl)c(Cl)c1. The molecule has 0 aliphatic heterocycles. The third kappa shape index (κ3) is 3.70. The van der Waals surface area contributed by atoms with Crippen molar-refractivity contribution in [2.45, 2.75) is 13.0 Å². The Bertz CT molecular complexity index is 368. The van der Waals surface area contributed by atoms with Gasteiger partial charge in [0.1, 0.15) is 0 Å². The highest BCUT2D eigenvalue weighted by Crippen LogP contribution is 2.25. The van der Waals surface area contributed by atoms with E-state index in [1.54, 1.807) is 12.1 Å². The summed E-state index contributed by atoms with van der Waals surface area (Å²) in [5.74, 6) is -0.887. The lowest BCUT2D eigenvalue weighted by atomic mass is 10.1. The van der Waals surface area contributed by atoms with Gasteiger partial charge in [-0.15, -0.1) is 0 Å². The van der Waals surface area contributed by atoms with Crippen molar-refractivity contribution in [2.75, 3.05) is 6.54 Å². The molecule has 2 N–H and O–H groups in total. The van der Waals surface area contributed by atoms with E-state index in [0.29, 0.717) is 10.0 Å². The molecule has 0 saturated heterocycles. The van der Waals surface area contributed by atoms with Gasteiger partial charge in [-0.3, -0.25) is 4.79 Å². The van der Waals surface area contributed by atoms with Crippen molar-refractivity contribution in [3.05, 3.63) is 33.8 Å². The van der Waals surface area contributed by atoms with Crippen LogP contribution >= 0.6 is 23.2 Å². The Morgan fingerprint density at radius 2 is 2.13 bits per heavy atom. The number of carboxylic acid groups (broad SMARTS) is 1. The Balaban J connectivity index is 2.69. The molecule has 0 aromatic heterocycles. The Hall–Kier alpha value is -0.770. The summed E-state index contributed by atoms with van der Waals surface area (Å²) in [5.41, 5.74) is 0.908. The van der Waals surface area contributed by atoms with Gasteiger partial charge in [0.15, 0.2) is 0 Å². The maximum Gasteiger partial charge on any atom is 0.317 e. The molecule has 0 aliphatic rings. The number of nitrogens with one attached hydrogen (secondary N) is 1. The molecular weight excluding hydrogens is 237 g/mol. The van der Waals surface area contributed by atoms with Crippen LogP contribution in [0.3, 0.4) is 0 Å². The molecule has 1 atom stereocenters. The fourth-order valence-corrected chi connectivity index (χ4v) is 1.45. The molecule has 5 heteroatoms. The molecule has 82 valence electrons. The van der Waals surface area contributed by atoms with Crippen LogP contribution in [0.5, 0.6) is 0 Å². The molecule has 0 bridgehead atoms. The quantitative estimate of drug-likeness (QED) is 0.861. The number of halogens is 2. The van der Waals surface area contributed by atoms with Gasteiger partial charge in [-0.25, -0.2) is 0 Å². The minimum Gasteiger partial charge on any atom is -0.480 e. The highest BCUT2D eigenvalue weighted by molar-refractivity contribution is 6.42. The average molecular weight is 248 g/mol. The second-order valence-electron chi connectivity index (χ2n) is 3.17. The van der Waals surface area contributed by atoms with Crippen molar-refractivity contribution in [1.29, 1.82) is 0 Å². The molecule has 0 saturated carbocycles. The van der Waals surface area contributed by atoms with Crippen LogP contribution in [0.4, 0.5) is 0 Å². The minimum atomic E-state index is -0.887. The smallest absolute Gasteiger partial charge is 0.317 e. The lowest BCUT2D eigenvalue weighted by molar-refractivity contribution is -0.136. The van der Waals surface area contributed by atoms with Crippen molar-refractivity contribution in [3.8, 4) is 0 Å². The van der Waals surface area contributed by atoms with Gasteiger partial charge < -0.3 is 10.4 Å². The van der Waals surface area contributed by atoms with Crippen LogP contribution in [-0.4, -0.2) is 17.6 Å². The first-order valence-corrected chi connectivity index (χ1v) is 5.16. The molecule has 1 unspecified atom stereocenters. The molecular formula is C10H11Cl2NO2. The maximum absolute atomic E-state index is 10.3. The molecule has 1 aromatic rings. The number of carbonyl (C=O) groups is 1. The van der Waals surface area contributed by atoms with Crippen molar-refractivity contribution < 1.29 is 9.90 Å². The predicted octanol–water partition coefficient (Wildman–Crippen LogP) is 2.73. The van der Waals surface area contributed by atoms with Crippen molar-refractivity contribution in [1.82, 2.24) is 5.32 Å². The third-order valence-corrected chi connectivity index (χ3v) is 2.74. The number of aliphatic carboxylic acids is 1. The molecule has 0 fully saturated rings. The van der Waals surface area contributed by atoms with Gasteiger partial charge in [-0.2, -0.15) is 0 Å². The Labute approximate surface area is 98.0 Å². The van der Waals surface area contributed by atoms with Crippen LogP contribution in [0.25, 0.3) is 0 Å². The monoisotopic (exact) mass is 247 g/mol. The van der Waals surface area contributed by atoms with Crippen LogP contribution < -0.4 is 5.32 Å². The summed E-state index contributed by atoms with van der Waals surface area (Å²) in [6.07, 6.45) is 0. The van der Waals surface area contributed by atoms with E-state index in [2.05, 4.69) is 5.32 Å². The van der Waals surface area contributed by atoms with Crippen LogP contribution in [0.15, 0.2) is 18.2 Å². The average Bonchev–Trinajstić information content (AvgIpc) is 2.18. The summed E-state index contributed by atoms with van der Waals surface area (Å²) in [6, 6.07) is 5.16. The molecule has 1 rings (SSSR count). The predicted molar refractivity (Wildman–Crippen MR) is 60.5 cm³/mol. The lowest BCUT2D eigenvalue weighted by Gasteiger charge is -2.13. The molecule has 3 nitrogen and oxygen atoms in total. The zero-order valence-electron chi connectivity index (χ0n) is 8.13. The van der Waals surface area contributed by atoms with E-state index < -0.39 is 5.97 Å². The fraction of sp³-hybridized carbons (Fsp3) is 0.300. The Morgan fingerprint density at radius 3 is 2.67 bits per heavy atom. The van der Waals surface area contributed by atoms with E-state index >= 15 is 0 Å². The second-order valence-corrected chi connectivity index (χ2v) is 3.98. The van der Waals surface area contributed by atoms with Crippen molar-refractivity contribution in [3.63, 3.8) is 0 Å². The van der Waals surface area contributed by atoms with Gasteiger partial charge in [0, 0.05) is 6.04 Å². The molecule has 0 heterocycles. The van der Waals surface area contributed by atoms with Crippen LogP contribution in [-0.2, 0) is 4.79 Å². The first-order chi connectivity index (χ1) is 7.00. The van der Waals surface area contributed by atoms with Crippen LogP contribution in [0.1, 0.15) is 18.5 Å². The highest BCUT2D eigenvalue weighted by atomic mass is 35.5. The van der Waals surface area contributed by atoms with Crippen LogP contribution in [0, 0.1) is 0 Å². The number of carboxylic acids is 1. The van der Waals surface area contributed by atoms with Gasteiger partial charge >= 0.3 is 5.97 Å². The van der Waals surface area contributed by atoms with Crippen LogP contribution in [0.2, 0.25) is 10.0 Å². The largest absolute Gasteiger partial charge is 0.480 e. The van der Waals surface area contributed by atoms with E-state index in [9.17, 15) is 4.79 Å². The maximum atomic E-state index is 10.3. The molecule has 0 spiro atoms. The summed E-state index contributed by atoms with van der Waals surface area (Å²) < 4.78 is 0. The number of hydrogen-bond acceptors (Lipinski definition) is 2. The van der Waals surface area contributed by atoms with E-state index in [1.807, 2.05) is 13.0 Å². The van der Waals surface area contributed by atoms with E-state index in [0.717, 1.165) is 5.56 Å². The second kappa shape index (κ2) is 5.35. The van der Waals surface area contributed by atoms with Gasteiger partial charge in [-0.1, -0.05) is 29.3 Å². The van der Waals surface area contributed by atoms with Gasteiger partial charge in [0.2, 0.25) is 0 Å². The molecule has 0 aliphatic carbocycles. The summed E-state index contributed by atoms with van der Waals surface area (Å²) in [6.45, 7) is 1.78. The van der Waals surface area contributed by atoms with E-state index in [-0.39, 0.29) is 12.6 Å². The Morgan fingerprint density at radius 1 is 1.47 bits per heavy atom. The highest BCUT2D eigenvalue weighted by Gasteiger charge is 2.08. The van der Waals surface area contributed by atoms with Gasteiger partial charge in [-0.05, 0) is 24.6 Å². The Kier molecular flexibility index (Phi) is 4.39. The number of rotatable bonds is 4. The number of hydrogen-bond donors (Lipinski definition) is 2. The molecule has 0 amide bonds. The minimum absolute atomic E-state index is 0.0733. The summed E-state index contributed by atoms with van der Waals surface area (Å²) in [4.78, 5) is 10.3.